The molecule has 0 saturated carbocycles. The molecule has 6 heteroatoms. The average molecular weight is 328 g/mol. The van der Waals surface area contributed by atoms with Crippen LogP contribution < -0.4 is 10.1 Å². The molecule has 0 heterocycles. The van der Waals surface area contributed by atoms with Gasteiger partial charge in [-0.25, -0.2) is 0 Å². The molecule has 0 fully saturated rings. The van der Waals surface area contributed by atoms with Crippen LogP contribution in [-0.2, 0) is 4.79 Å². The van der Waals surface area contributed by atoms with Gasteiger partial charge in [0.25, 0.3) is 5.69 Å². The van der Waals surface area contributed by atoms with Crippen molar-refractivity contribution in [1.82, 2.24) is 0 Å². The van der Waals surface area contributed by atoms with Crippen molar-refractivity contribution in [1.29, 1.82) is 0 Å². The van der Waals surface area contributed by atoms with Crippen LogP contribution in [-0.4, -0.2) is 17.4 Å². The normalized spacial score (nSPS) is 10.2. The second-order valence-electron chi connectivity index (χ2n) is 5.57. The molecule has 1 amide bonds. The van der Waals surface area contributed by atoms with Crippen LogP contribution in [0.2, 0.25) is 0 Å². The third-order valence-electron chi connectivity index (χ3n) is 3.54. The van der Waals surface area contributed by atoms with Crippen LogP contribution in [0.15, 0.2) is 42.5 Å². The van der Waals surface area contributed by atoms with Gasteiger partial charge in [0.2, 0.25) is 5.91 Å². The van der Waals surface area contributed by atoms with Gasteiger partial charge in [-0.3, -0.25) is 14.9 Å². The lowest BCUT2D eigenvalue weighted by Crippen LogP contribution is -2.13. The van der Waals surface area contributed by atoms with E-state index >= 15 is 0 Å². The van der Waals surface area contributed by atoms with Crippen LogP contribution in [0.1, 0.15) is 24.0 Å². The van der Waals surface area contributed by atoms with Crippen molar-refractivity contribution in [2.75, 3.05) is 11.9 Å². The highest BCUT2D eigenvalue weighted by Crippen LogP contribution is 2.22. The molecule has 24 heavy (non-hydrogen) atoms. The molecule has 0 atom stereocenters. The molecule has 6 nitrogen and oxygen atoms in total. The van der Waals surface area contributed by atoms with E-state index < -0.39 is 4.92 Å². The molecule has 0 aliphatic heterocycles. The maximum atomic E-state index is 12.0. The van der Waals surface area contributed by atoms with Gasteiger partial charge in [0.15, 0.2) is 0 Å². The number of hydrogen-bond donors (Lipinski definition) is 1. The summed E-state index contributed by atoms with van der Waals surface area (Å²) >= 11 is 0. The summed E-state index contributed by atoms with van der Waals surface area (Å²) in [6, 6.07) is 12.1. The number of anilines is 1. The third-order valence-corrected chi connectivity index (χ3v) is 3.54. The first-order valence-electron chi connectivity index (χ1n) is 7.70. The Labute approximate surface area is 140 Å². The van der Waals surface area contributed by atoms with Crippen LogP contribution >= 0.6 is 0 Å². The monoisotopic (exact) mass is 328 g/mol. The van der Waals surface area contributed by atoms with Crippen molar-refractivity contribution in [3.63, 3.8) is 0 Å². The topological polar surface area (TPSA) is 81.5 Å². The Morgan fingerprint density at radius 1 is 1.17 bits per heavy atom. The molecule has 2 aromatic carbocycles. The zero-order chi connectivity index (χ0) is 17.5. The number of benzene rings is 2. The highest BCUT2D eigenvalue weighted by molar-refractivity contribution is 5.91. The van der Waals surface area contributed by atoms with E-state index in [1.165, 1.54) is 12.1 Å². The Morgan fingerprint density at radius 3 is 2.54 bits per heavy atom. The minimum Gasteiger partial charge on any atom is -0.494 e. The van der Waals surface area contributed by atoms with Gasteiger partial charge in [0.05, 0.1) is 17.2 Å². The summed E-state index contributed by atoms with van der Waals surface area (Å²) in [6.07, 6.45) is 0.849. The van der Waals surface area contributed by atoms with Crippen molar-refractivity contribution < 1.29 is 14.5 Å². The largest absolute Gasteiger partial charge is 0.494 e. The van der Waals surface area contributed by atoms with Crippen LogP contribution in [0.4, 0.5) is 11.4 Å². The fourth-order valence-corrected chi connectivity index (χ4v) is 2.13. The molecule has 2 aromatic rings. The number of amides is 1. The number of carbonyl (C=O) groups is 1. The Bertz CT molecular complexity index is 726. The molecular formula is C18H20N2O4. The van der Waals surface area contributed by atoms with Gasteiger partial charge in [-0.15, -0.1) is 0 Å². The van der Waals surface area contributed by atoms with Gasteiger partial charge in [-0.1, -0.05) is 23.8 Å². The predicted molar refractivity (Wildman–Crippen MR) is 92.4 cm³/mol. The molecule has 2 rings (SSSR count). The van der Waals surface area contributed by atoms with Gasteiger partial charge in [-0.05, 0) is 38.0 Å². The van der Waals surface area contributed by atoms with E-state index in [2.05, 4.69) is 5.32 Å². The Kier molecular flexibility index (Phi) is 5.89. The lowest BCUT2D eigenvalue weighted by molar-refractivity contribution is -0.384. The van der Waals surface area contributed by atoms with Crippen LogP contribution in [0.25, 0.3) is 0 Å². The van der Waals surface area contributed by atoms with Crippen molar-refractivity contribution in [2.45, 2.75) is 26.7 Å². The van der Waals surface area contributed by atoms with E-state index in [-0.39, 0.29) is 18.0 Å². The standard InChI is InChI=1S/C18H20N2O4/c1-13-5-9-16(10-6-13)24-11-3-4-18(21)19-17-12-15(20(22)23)8-7-14(17)2/h5-10,12H,3-4,11H2,1-2H3,(H,19,21). The minimum absolute atomic E-state index is 0.0430. The number of nitrogens with one attached hydrogen (secondary N) is 1. The number of nitro groups is 1. The molecule has 126 valence electrons. The van der Waals surface area contributed by atoms with Crippen molar-refractivity contribution in [3.8, 4) is 5.75 Å². The lowest BCUT2D eigenvalue weighted by Gasteiger charge is -2.09. The van der Waals surface area contributed by atoms with Crippen molar-refractivity contribution in [3.05, 3.63) is 63.7 Å². The number of ether oxygens (including phenoxy) is 1. The molecule has 0 radical (unpaired) electrons. The summed E-state index contributed by atoms with van der Waals surface area (Å²) in [6.45, 7) is 4.23. The number of rotatable bonds is 7. The maximum Gasteiger partial charge on any atom is 0.271 e. The van der Waals surface area contributed by atoms with E-state index in [9.17, 15) is 14.9 Å². The Morgan fingerprint density at radius 2 is 1.88 bits per heavy atom. The average Bonchev–Trinajstić information content (AvgIpc) is 2.55. The Balaban J connectivity index is 1.80. The summed E-state index contributed by atoms with van der Waals surface area (Å²) in [5.74, 6) is 0.585. The number of nitro benzene ring substituents is 1. The molecule has 0 aliphatic carbocycles. The molecule has 0 aromatic heterocycles. The number of non-ortho nitro benzene ring substituents is 1. The summed E-state index contributed by atoms with van der Waals surface area (Å²) in [5.41, 5.74) is 2.37. The summed E-state index contributed by atoms with van der Waals surface area (Å²) in [5, 5.41) is 13.5. The maximum absolute atomic E-state index is 12.0. The fourth-order valence-electron chi connectivity index (χ4n) is 2.13. The fraction of sp³-hybridized carbons (Fsp3) is 0.278. The number of nitrogens with zero attached hydrogens (tertiary/aromatic N) is 1. The van der Waals surface area contributed by atoms with E-state index in [0.29, 0.717) is 18.7 Å². The van der Waals surface area contributed by atoms with Crippen molar-refractivity contribution in [2.24, 2.45) is 0 Å². The first kappa shape index (κ1) is 17.5. The Hall–Kier alpha value is -2.89. The highest BCUT2D eigenvalue weighted by Gasteiger charge is 2.11. The second-order valence-corrected chi connectivity index (χ2v) is 5.57. The highest BCUT2D eigenvalue weighted by atomic mass is 16.6. The smallest absolute Gasteiger partial charge is 0.271 e. The lowest BCUT2D eigenvalue weighted by atomic mass is 10.1. The SMILES string of the molecule is Cc1ccc(OCCCC(=O)Nc2cc([N+](=O)[O-])ccc2C)cc1. The number of carbonyl (C=O) groups excluding carboxylic acids is 1. The van der Waals surface area contributed by atoms with E-state index in [0.717, 1.165) is 16.9 Å². The summed E-state index contributed by atoms with van der Waals surface area (Å²) in [7, 11) is 0. The predicted octanol–water partition coefficient (Wildman–Crippen LogP) is 4.01. The van der Waals surface area contributed by atoms with E-state index in [1.54, 1.807) is 13.0 Å². The zero-order valence-corrected chi connectivity index (χ0v) is 13.7. The van der Waals surface area contributed by atoms with E-state index in [1.807, 2.05) is 31.2 Å². The van der Waals surface area contributed by atoms with Gasteiger partial charge < -0.3 is 10.1 Å². The molecule has 0 saturated heterocycles. The molecule has 0 spiro atoms. The molecule has 0 unspecified atom stereocenters. The second kappa shape index (κ2) is 8.10. The quantitative estimate of drug-likeness (QED) is 0.473. The van der Waals surface area contributed by atoms with Gasteiger partial charge in [-0.2, -0.15) is 0 Å². The van der Waals surface area contributed by atoms with Crippen LogP contribution in [0.5, 0.6) is 5.75 Å². The molecule has 0 aliphatic rings. The van der Waals surface area contributed by atoms with E-state index in [4.69, 9.17) is 4.74 Å². The van der Waals surface area contributed by atoms with Gasteiger partial charge >= 0.3 is 0 Å². The zero-order valence-electron chi connectivity index (χ0n) is 13.7. The van der Waals surface area contributed by atoms with Crippen LogP contribution in [0.3, 0.4) is 0 Å². The first-order valence-corrected chi connectivity index (χ1v) is 7.70. The van der Waals surface area contributed by atoms with Crippen molar-refractivity contribution >= 4 is 17.3 Å². The third kappa shape index (κ3) is 5.08. The van der Waals surface area contributed by atoms with Crippen LogP contribution in [0, 0.1) is 24.0 Å². The molecular weight excluding hydrogens is 308 g/mol. The summed E-state index contributed by atoms with van der Waals surface area (Å²) in [4.78, 5) is 22.3. The number of hydrogen-bond acceptors (Lipinski definition) is 4. The minimum atomic E-state index is -0.482. The van der Waals surface area contributed by atoms with Gasteiger partial charge in [0, 0.05) is 18.6 Å². The van der Waals surface area contributed by atoms with Gasteiger partial charge in [0.1, 0.15) is 5.75 Å². The number of aryl methyl sites for hydroxylation is 2. The summed E-state index contributed by atoms with van der Waals surface area (Å²) < 4.78 is 5.57. The molecule has 0 bridgehead atoms. The first-order chi connectivity index (χ1) is 11.5. The molecule has 1 N–H and O–H groups in total.